The number of carbonyl (C=O) groups is 2. The molecule has 0 spiro atoms. The van der Waals surface area contributed by atoms with Crippen LogP contribution in [0.5, 0.6) is 5.75 Å². The lowest BCUT2D eigenvalue weighted by atomic mass is 9.92. The van der Waals surface area contributed by atoms with Gasteiger partial charge in [-0.1, -0.05) is 19.9 Å². The largest absolute Gasteiger partial charge is 0.492 e. The van der Waals surface area contributed by atoms with Crippen LogP contribution in [0.3, 0.4) is 0 Å². The van der Waals surface area contributed by atoms with E-state index < -0.39 is 9.84 Å². The number of benzene rings is 1. The molecule has 5 nitrogen and oxygen atoms in total. The average molecular weight is 378 g/mol. The summed E-state index contributed by atoms with van der Waals surface area (Å²) in [6.45, 7) is 7.51. The summed E-state index contributed by atoms with van der Waals surface area (Å²) in [6.07, 6.45) is 4.44. The molecule has 0 atom stereocenters. The Morgan fingerprint density at radius 1 is 1.27 bits per heavy atom. The molecule has 0 aromatic heterocycles. The van der Waals surface area contributed by atoms with Gasteiger partial charge in [-0.25, -0.2) is 8.42 Å². The second-order valence-corrected chi connectivity index (χ2v) is 9.05. The second-order valence-electron chi connectivity index (χ2n) is 7.06. The molecule has 26 heavy (non-hydrogen) atoms. The molecule has 0 saturated heterocycles. The highest BCUT2D eigenvalue weighted by Gasteiger charge is 2.35. The fourth-order valence-corrected chi connectivity index (χ4v) is 3.71. The number of hydrogen-bond donors (Lipinski definition) is 0. The van der Waals surface area contributed by atoms with Gasteiger partial charge < -0.3 is 4.74 Å². The topological polar surface area (TPSA) is 77.5 Å². The van der Waals surface area contributed by atoms with E-state index in [-0.39, 0.29) is 46.2 Å². The number of hydrogen-bond acceptors (Lipinski definition) is 5. The summed E-state index contributed by atoms with van der Waals surface area (Å²) in [5, 5.41) is 0. The maximum Gasteiger partial charge on any atom is 0.196 e. The molecule has 0 aliphatic heterocycles. The highest BCUT2D eigenvalue weighted by molar-refractivity contribution is 7.90. The van der Waals surface area contributed by atoms with Crippen LogP contribution in [0.25, 0.3) is 0 Å². The van der Waals surface area contributed by atoms with Crippen LogP contribution in [-0.4, -0.2) is 32.8 Å². The number of Topliss-reactive ketones (excluding diaryl/α,β-unsaturated/α-hetero) is 2. The van der Waals surface area contributed by atoms with Crippen molar-refractivity contribution in [3.05, 3.63) is 34.9 Å². The van der Waals surface area contributed by atoms with E-state index >= 15 is 0 Å². The van der Waals surface area contributed by atoms with E-state index in [0.717, 1.165) is 19.1 Å². The predicted molar refractivity (Wildman–Crippen MR) is 100 cm³/mol. The van der Waals surface area contributed by atoms with Crippen molar-refractivity contribution in [2.45, 2.75) is 45.4 Å². The zero-order valence-corrected chi connectivity index (χ0v) is 16.8. The number of carbonyl (C=O) groups excluding carboxylic acids is 2. The van der Waals surface area contributed by atoms with Crippen LogP contribution in [0.2, 0.25) is 0 Å². The summed E-state index contributed by atoms with van der Waals surface area (Å²) < 4.78 is 29.6. The second kappa shape index (κ2) is 7.74. The minimum Gasteiger partial charge on any atom is -0.492 e. The molecule has 142 valence electrons. The summed E-state index contributed by atoms with van der Waals surface area (Å²) in [6, 6.07) is 2.86. The molecule has 0 unspecified atom stereocenters. The van der Waals surface area contributed by atoms with Crippen LogP contribution >= 0.6 is 0 Å². The van der Waals surface area contributed by atoms with Gasteiger partial charge >= 0.3 is 0 Å². The SMILES string of the molecule is CCOc1c(S(C)(=O)=O)ccc(C(=O)C(=CC(C)C)C(=O)C2CC2)c1C. The first-order valence-electron chi connectivity index (χ1n) is 8.85. The minimum atomic E-state index is -3.50. The van der Waals surface area contributed by atoms with E-state index in [1.54, 1.807) is 19.9 Å². The van der Waals surface area contributed by atoms with Gasteiger partial charge in [0, 0.05) is 23.3 Å². The highest BCUT2D eigenvalue weighted by Crippen LogP contribution is 2.36. The predicted octanol–water partition coefficient (Wildman–Crippen LogP) is 3.54. The Labute approximate surface area is 155 Å². The molecule has 2 rings (SSSR count). The zero-order valence-electron chi connectivity index (χ0n) is 16.0. The van der Waals surface area contributed by atoms with Gasteiger partial charge in [0.1, 0.15) is 10.6 Å². The molecule has 1 aliphatic carbocycles. The third kappa shape index (κ3) is 4.41. The summed E-state index contributed by atoms with van der Waals surface area (Å²) in [5.41, 5.74) is 0.944. The molecular formula is C20H26O5S. The zero-order chi connectivity index (χ0) is 19.6. The average Bonchev–Trinajstić information content (AvgIpc) is 3.37. The third-order valence-electron chi connectivity index (χ3n) is 4.26. The molecule has 0 radical (unpaired) electrons. The lowest BCUT2D eigenvalue weighted by molar-refractivity contribution is -0.116. The lowest BCUT2D eigenvalue weighted by Gasteiger charge is -2.16. The van der Waals surface area contributed by atoms with Crippen molar-refractivity contribution >= 4 is 21.4 Å². The van der Waals surface area contributed by atoms with Gasteiger partial charge in [0.05, 0.1) is 12.2 Å². The van der Waals surface area contributed by atoms with Crippen LogP contribution in [0.1, 0.15) is 49.5 Å². The standard InChI is InChI=1S/C20H26O5S/c1-6-25-20-13(4)15(9-10-17(20)26(5,23)24)19(22)16(11-12(2)3)18(21)14-7-8-14/h9-12,14H,6-8H2,1-5H3. The van der Waals surface area contributed by atoms with Crippen LogP contribution in [-0.2, 0) is 14.6 Å². The third-order valence-corrected chi connectivity index (χ3v) is 5.38. The molecule has 1 fully saturated rings. The number of ketones is 2. The van der Waals surface area contributed by atoms with Gasteiger partial charge in [-0.15, -0.1) is 0 Å². The summed E-state index contributed by atoms with van der Waals surface area (Å²) >= 11 is 0. The van der Waals surface area contributed by atoms with E-state index in [2.05, 4.69) is 0 Å². The number of sulfone groups is 1. The Morgan fingerprint density at radius 3 is 2.35 bits per heavy atom. The van der Waals surface area contributed by atoms with E-state index in [0.29, 0.717) is 11.1 Å². The van der Waals surface area contributed by atoms with Gasteiger partial charge in [-0.05, 0) is 44.7 Å². The maximum atomic E-state index is 13.1. The Morgan fingerprint density at radius 2 is 1.88 bits per heavy atom. The van der Waals surface area contributed by atoms with Crippen molar-refractivity contribution < 1.29 is 22.7 Å². The van der Waals surface area contributed by atoms with Gasteiger partial charge in [-0.2, -0.15) is 0 Å². The monoisotopic (exact) mass is 378 g/mol. The first-order chi connectivity index (χ1) is 12.1. The quantitative estimate of drug-likeness (QED) is 0.299. The fourth-order valence-electron chi connectivity index (χ4n) is 2.84. The summed E-state index contributed by atoms with van der Waals surface area (Å²) in [7, 11) is -3.50. The molecule has 1 aromatic carbocycles. The highest BCUT2D eigenvalue weighted by atomic mass is 32.2. The Hall–Kier alpha value is -1.95. The van der Waals surface area contributed by atoms with Crippen molar-refractivity contribution in [3.8, 4) is 5.75 Å². The number of ether oxygens (including phenoxy) is 1. The Balaban J connectivity index is 2.57. The van der Waals surface area contributed by atoms with E-state index in [1.165, 1.54) is 12.1 Å². The van der Waals surface area contributed by atoms with Crippen molar-refractivity contribution in [2.24, 2.45) is 11.8 Å². The lowest BCUT2D eigenvalue weighted by Crippen LogP contribution is -2.18. The number of allylic oxidation sites excluding steroid dienone is 2. The molecular weight excluding hydrogens is 352 g/mol. The van der Waals surface area contributed by atoms with Crippen LogP contribution in [0.15, 0.2) is 28.7 Å². The van der Waals surface area contributed by atoms with Crippen LogP contribution < -0.4 is 4.74 Å². The molecule has 0 N–H and O–H groups in total. The van der Waals surface area contributed by atoms with Gasteiger partial charge in [0.15, 0.2) is 21.4 Å². The molecule has 0 bridgehead atoms. The van der Waals surface area contributed by atoms with Crippen molar-refractivity contribution in [3.63, 3.8) is 0 Å². The van der Waals surface area contributed by atoms with Crippen LogP contribution in [0, 0.1) is 18.8 Å². The van der Waals surface area contributed by atoms with E-state index in [9.17, 15) is 18.0 Å². The number of rotatable bonds is 8. The van der Waals surface area contributed by atoms with Crippen molar-refractivity contribution in [1.29, 1.82) is 0 Å². The summed E-state index contributed by atoms with van der Waals surface area (Å²) in [5.74, 6) is -0.310. The molecule has 1 aromatic rings. The normalized spacial score (nSPS) is 15.2. The fraction of sp³-hybridized carbons (Fsp3) is 0.500. The van der Waals surface area contributed by atoms with Gasteiger partial charge in [0.25, 0.3) is 0 Å². The molecule has 0 amide bonds. The van der Waals surface area contributed by atoms with Crippen molar-refractivity contribution in [2.75, 3.05) is 12.9 Å². The Kier molecular flexibility index (Phi) is 6.06. The molecule has 0 heterocycles. The summed E-state index contributed by atoms with van der Waals surface area (Å²) in [4.78, 5) is 25.7. The minimum absolute atomic E-state index is 0.0521. The van der Waals surface area contributed by atoms with E-state index in [4.69, 9.17) is 4.74 Å². The smallest absolute Gasteiger partial charge is 0.196 e. The van der Waals surface area contributed by atoms with Gasteiger partial charge in [-0.3, -0.25) is 9.59 Å². The van der Waals surface area contributed by atoms with Crippen molar-refractivity contribution in [1.82, 2.24) is 0 Å². The maximum absolute atomic E-state index is 13.1. The molecule has 6 heteroatoms. The van der Waals surface area contributed by atoms with Gasteiger partial charge in [0.2, 0.25) is 0 Å². The Bertz CT molecular complexity index is 858. The van der Waals surface area contributed by atoms with E-state index in [1.807, 2.05) is 13.8 Å². The molecule has 1 aliphatic rings. The first kappa shape index (κ1) is 20.4. The van der Waals surface area contributed by atoms with Crippen LogP contribution in [0.4, 0.5) is 0 Å². The molecule has 1 saturated carbocycles. The first-order valence-corrected chi connectivity index (χ1v) is 10.7.